The summed E-state index contributed by atoms with van der Waals surface area (Å²) in [6.07, 6.45) is 0.292. The van der Waals surface area contributed by atoms with Gasteiger partial charge in [0.1, 0.15) is 0 Å². The Labute approximate surface area is 165 Å². The summed E-state index contributed by atoms with van der Waals surface area (Å²) >= 11 is 0. The van der Waals surface area contributed by atoms with E-state index in [4.69, 9.17) is 0 Å². The molecule has 0 aliphatic carbocycles. The van der Waals surface area contributed by atoms with Gasteiger partial charge in [0.15, 0.2) is 0 Å². The molecule has 0 radical (unpaired) electrons. The summed E-state index contributed by atoms with van der Waals surface area (Å²) in [6.45, 7) is 7.29. The van der Waals surface area contributed by atoms with Crippen molar-refractivity contribution in [2.45, 2.75) is 62.4 Å². The second-order valence-electron chi connectivity index (χ2n) is 7.90. The maximum Gasteiger partial charge on any atom is 0.266 e. The van der Waals surface area contributed by atoms with Gasteiger partial charge in [-0.15, -0.1) is 0 Å². The van der Waals surface area contributed by atoms with E-state index in [1.807, 2.05) is 27.7 Å². The van der Waals surface area contributed by atoms with E-state index in [9.17, 15) is 26.4 Å². The second-order valence-corrected chi connectivity index (χ2v) is 11.5. The number of hydrogen-bond donors (Lipinski definition) is 0. The van der Waals surface area contributed by atoms with Crippen LogP contribution in [0.5, 0.6) is 0 Å². The van der Waals surface area contributed by atoms with Crippen LogP contribution in [-0.2, 0) is 29.6 Å². The molecule has 0 bridgehead atoms. The number of benzene rings is 1. The number of nitrogens with zero attached hydrogens (tertiary/aromatic N) is 2. The third-order valence-corrected chi connectivity index (χ3v) is 9.00. The van der Waals surface area contributed by atoms with Crippen LogP contribution in [0.4, 0.5) is 0 Å². The Morgan fingerprint density at radius 2 is 1.14 bits per heavy atom. The van der Waals surface area contributed by atoms with E-state index < -0.39 is 43.9 Å². The molecule has 1 aromatic rings. The summed E-state index contributed by atoms with van der Waals surface area (Å²) in [5.74, 6) is -1.12. The number of carbonyl (C=O) groups excluding carboxylic acids is 2. The highest BCUT2D eigenvalue weighted by Crippen LogP contribution is 2.35. The summed E-state index contributed by atoms with van der Waals surface area (Å²) in [4.78, 5) is 23.3. The molecule has 2 aliphatic rings. The van der Waals surface area contributed by atoms with Crippen molar-refractivity contribution >= 4 is 31.9 Å². The first-order valence-electron chi connectivity index (χ1n) is 9.13. The largest absolute Gasteiger partial charge is 0.274 e. The minimum atomic E-state index is -4.17. The Bertz CT molecular complexity index is 951. The number of rotatable bonds is 6. The maximum absolute atomic E-state index is 12.9. The fourth-order valence-electron chi connectivity index (χ4n) is 3.51. The fourth-order valence-corrected chi connectivity index (χ4v) is 7.12. The molecule has 0 N–H and O–H groups in total. The van der Waals surface area contributed by atoms with Crippen LogP contribution in [0.2, 0.25) is 0 Å². The highest BCUT2D eigenvalue weighted by molar-refractivity contribution is 7.90. The van der Waals surface area contributed by atoms with E-state index in [-0.39, 0.29) is 34.5 Å². The van der Waals surface area contributed by atoms with Crippen molar-refractivity contribution in [3.05, 3.63) is 24.3 Å². The highest BCUT2D eigenvalue weighted by atomic mass is 32.2. The zero-order chi connectivity index (χ0) is 21.0. The number of sulfonamides is 2. The van der Waals surface area contributed by atoms with Gasteiger partial charge >= 0.3 is 0 Å². The zero-order valence-electron chi connectivity index (χ0n) is 16.2. The molecule has 2 fully saturated rings. The lowest BCUT2D eigenvalue weighted by Gasteiger charge is -2.42. The molecule has 154 valence electrons. The molecule has 28 heavy (non-hydrogen) atoms. The Balaban J connectivity index is 1.99. The topological polar surface area (TPSA) is 109 Å². The third-order valence-electron chi connectivity index (χ3n) is 5.32. The van der Waals surface area contributed by atoms with Gasteiger partial charge < -0.3 is 0 Å². The van der Waals surface area contributed by atoms with E-state index in [0.29, 0.717) is 0 Å². The Morgan fingerprint density at radius 1 is 0.786 bits per heavy atom. The predicted octanol–water partition coefficient (Wildman–Crippen LogP) is 1.58. The normalized spacial score (nSPS) is 23.2. The molecule has 10 heteroatoms. The lowest BCUT2D eigenvalue weighted by Crippen LogP contribution is -2.58. The third kappa shape index (κ3) is 3.12. The standard InChI is InChI=1S/C18H24N2O6S2/c1-11(2)15-9-17(21)19(15)27(23,24)13-6-5-7-14(8-13)28(25,26)20-16(12(3)4)10-18(20)22/h5-8,11-12,15-16H,9-10H2,1-4H3. The first-order valence-corrected chi connectivity index (χ1v) is 12.0. The van der Waals surface area contributed by atoms with Gasteiger partial charge in [0.05, 0.1) is 21.9 Å². The molecule has 2 amide bonds. The van der Waals surface area contributed by atoms with Crippen LogP contribution in [0.25, 0.3) is 0 Å². The van der Waals surface area contributed by atoms with E-state index in [1.54, 1.807) is 0 Å². The van der Waals surface area contributed by atoms with Crippen molar-refractivity contribution in [1.82, 2.24) is 8.61 Å². The van der Waals surface area contributed by atoms with Gasteiger partial charge in [0.2, 0.25) is 11.8 Å². The van der Waals surface area contributed by atoms with Crippen LogP contribution >= 0.6 is 0 Å². The first-order chi connectivity index (χ1) is 12.9. The Morgan fingerprint density at radius 3 is 1.43 bits per heavy atom. The molecule has 1 aromatic carbocycles. The molecule has 2 atom stereocenters. The molecule has 3 rings (SSSR count). The summed E-state index contributed by atoms with van der Waals surface area (Å²) in [5.41, 5.74) is 0. The van der Waals surface area contributed by atoms with Gasteiger partial charge in [-0.3, -0.25) is 9.59 Å². The summed E-state index contributed by atoms with van der Waals surface area (Å²) in [5, 5.41) is 0. The van der Waals surface area contributed by atoms with Crippen LogP contribution in [0.1, 0.15) is 40.5 Å². The molecular weight excluding hydrogens is 404 g/mol. The molecular formula is C18H24N2O6S2. The van der Waals surface area contributed by atoms with Gasteiger partial charge in [-0.1, -0.05) is 33.8 Å². The van der Waals surface area contributed by atoms with E-state index in [1.165, 1.54) is 18.2 Å². The average molecular weight is 429 g/mol. The van der Waals surface area contributed by atoms with Crippen LogP contribution in [0.15, 0.2) is 34.1 Å². The predicted molar refractivity (Wildman–Crippen MR) is 101 cm³/mol. The van der Waals surface area contributed by atoms with Crippen LogP contribution in [0.3, 0.4) is 0 Å². The van der Waals surface area contributed by atoms with Crippen molar-refractivity contribution in [1.29, 1.82) is 0 Å². The number of hydrogen-bond acceptors (Lipinski definition) is 6. The number of amides is 2. The zero-order valence-corrected chi connectivity index (χ0v) is 17.8. The van der Waals surface area contributed by atoms with Gasteiger partial charge in [-0.2, -0.15) is 0 Å². The molecule has 8 nitrogen and oxygen atoms in total. The summed E-state index contributed by atoms with van der Waals surface area (Å²) < 4.78 is 53.4. The minimum Gasteiger partial charge on any atom is -0.274 e. The van der Waals surface area contributed by atoms with Crippen molar-refractivity contribution in [3.63, 3.8) is 0 Å². The summed E-state index contributed by atoms with van der Waals surface area (Å²) in [7, 11) is -8.34. The summed E-state index contributed by atoms with van der Waals surface area (Å²) in [6, 6.07) is 3.96. The first kappa shape index (κ1) is 20.8. The molecule has 0 saturated carbocycles. The Hall–Kier alpha value is -1.94. The average Bonchev–Trinajstić information content (AvgIpc) is 2.56. The fraction of sp³-hybridized carbons (Fsp3) is 0.556. The van der Waals surface area contributed by atoms with Crippen molar-refractivity contribution in [3.8, 4) is 0 Å². The van der Waals surface area contributed by atoms with Crippen molar-refractivity contribution < 1.29 is 26.4 Å². The van der Waals surface area contributed by atoms with Crippen molar-refractivity contribution in [2.75, 3.05) is 0 Å². The van der Waals surface area contributed by atoms with Gasteiger partial charge in [-0.05, 0) is 30.0 Å². The molecule has 2 unspecified atom stereocenters. The maximum atomic E-state index is 12.9. The second kappa shape index (κ2) is 6.84. The quantitative estimate of drug-likeness (QED) is 0.637. The van der Waals surface area contributed by atoms with Crippen LogP contribution in [0, 0.1) is 11.8 Å². The van der Waals surface area contributed by atoms with Crippen LogP contribution in [-0.4, -0.2) is 49.3 Å². The SMILES string of the molecule is CC(C)C1CC(=O)N1S(=O)(=O)c1cccc(S(=O)(=O)N2C(=O)CC2C(C)C)c1. The van der Waals surface area contributed by atoms with Crippen LogP contribution < -0.4 is 0 Å². The van der Waals surface area contributed by atoms with Crippen molar-refractivity contribution in [2.24, 2.45) is 11.8 Å². The molecule has 0 spiro atoms. The van der Waals surface area contributed by atoms with Gasteiger partial charge in [0, 0.05) is 12.8 Å². The van der Waals surface area contributed by atoms with Gasteiger partial charge in [-0.25, -0.2) is 25.4 Å². The molecule has 2 heterocycles. The number of carbonyl (C=O) groups is 2. The molecule has 2 saturated heterocycles. The molecule has 0 aromatic heterocycles. The smallest absolute Gasteiger partial charge is 0.266 e. The van der Waals surface area contributed by atoms with E-state index in [0.717, 1.165) is 14.7 Å². The minimum absolute atomic E-state index is 0.0510. The monoisotopic (exact) mass is 428 g/mol. The highest BCUT2D eigenvalue weighted by Gasteiger charge is 2.48. The Kier molecular flexibility index (Phi) is 5.08. The lowest BCUT2D eigenvalue weighted by atomic mass is 9.94. The molecule has 2 aliphatic heterocycles. The van der Waals surface area contributed by atoms with E-state index in [2.05, 4.69) is 0 Å². The van der Waals surface area contributed by atoms with E-state index >= 15 is 0 Å². The van der Waals surface area contributed by atoms with Gasteiger partial charge in [0.25, 0.3) is 20.0 Å². The number of β-lactam (4-membered cyclic amide) rings is 2. The lowest BCUT2D eigenvalue weighted by molar-refractivity contribution is -0.140.